The van der Waals surface area contributed by atoms with E-state index in [1.807, 2.05) is 41.3 Å². The zero-order valence-corrected chi connectivity index (χ0v) is 22.0. The quantitative estimate of drug-likeness (QED) is 0.342. The number of rotatable bonds is 6. The minimum Gasteiger partial charge on any atom is -0.507 e. The van der Waals surface area contributed by atoms with Crippen LogP contribution in [0.25, 0.3) is 33.4 Å². The molecule has 2 aliphatic heterocycles. The van der Waals surface area contributed by atoms with Gasteiger partial charge in [-0.05, 0) is 54.9 Å². The first kappa shape index (κ1) is 24.1. The molecule has 1 aliphatic carbocycles. The highest BCUT2D eigenvalue weighted by Gasteiger charge is 2.35. The van der Waals surface area contributed by atoms with Crippen LogP contribution in [-0.2, 0) is 4.79 Å². The maximum absolute atomic E-state index is 12.9. The van der Waals surface area contributed by atoms with Crippen molar-refractivity contribution in [3.63, 3.8) is 0 Å². The van der Waals surface area contributed by atoms with E-state index < -0.39 is 0 Å². The lowest BCUT2D eigenvalue weighted by Gasteiger charge is -2.39. The Bertz CT molecular complexity index is 1530. The van der Waals surface area contributed by atoms with Gasteiger partial charge in [0.15, 0.2) is 5.65 Å². The van der Waals surface area contributed by atoms with E-state index >= 15 is 0 Å². The zero-order chi connectivity index (χ0) is 26.3. The summed E-state index contributed by atoms with van der Waals surface area (Å²) in [6.07, 6.45) is 7.96. The summed E-state index contributed by atoms with van der Waals surface area (Å²) in [6, 6.07) is 19.5. The van der Waals surface area contributed by atoms with Gasteiger partial charge in [-0.1, -0.05) is 48.5 Å². The number of carbonyl (C=O) groups is 1. The largest absolute Gasteiger partial charge is 0.507 e. The van der Waals surface area contributed by atoms with E-state index in [1.54, 1.807) is 18.2 Å². The number of benzene rings is 2. The number of nitrogens with zero attached hydrogens (tertiary/aromatic N) is 4. The molecule has 39 heavy (non-hydrogen) atoms. The van der Waals surface area contributed by atoms with E-state index in [-0.39, 0.29) is 17.6 Å². The molecule has 0 radical (unpaired) electrons. The molecule has 2 aromatic heterocycles. The Morgan fingerprint density at radius 1 is 0.974 bits per heavy atom. The van der Waals surface area contributed by atoms with Gasteiger partial charge in [-0.2, -0.15) is 0 Å². The van der Waals surface area contributed by atoms with Crippen LogP contribution in [0.15, 0.2) is 72.8 Å². The Kier molecular flexibility index (Phi) is 6.16. The van der Waals surface area contributed by atoms with E-state index in [1.165, 1.54) is 32.4 Å². The van der Waals surface area contributed by atoms with Crippen molar-refractivity contribution in [3.8, 4) is 28.1 Å². The van der Waals surface area contributed by atoms with Crippen LogP contribution in [-0.4, -0.2) is 68.7 Å². The summed E-state index contributed by atoms with van der Waals surface area (Å²) in [7, 11) is 0. The van der Waals surface area contributed by atoms with E-state index in [9.17, 15) is 9.90 Å². The lowest BCUT2D eigenvalue weighted by molar-refractivity contribution is -0.130. The lowest BCUT2D eigenvalue weighted by Crippen LogP contribution is -2.48. The van der Waals surface area contributed by atoms with E-state index in [4.69, 9.17) is 0 Å². The standard InChI is InChI=1S/C32H33N5O2/c38-28-10-5-4-9-25(28)27-16-26-30(23-7-2-1-3-8-23)31(33-32(26)35-34-27)24-19-37(20-24)29(39)11-6-14-36-17-21-12-13-22(15-21)18-36/h1-11,16,21-22,24,38H,12-15,17-20H2,(H,33,35)/b11-6+. The Hall–Kier alpha value is -3.97. The summed E-state index contributed by atoms with van der Waals surface area (Å²) < 4.78 is 0. The SMILES string of the molecule is O=C(/C=C/CN1CC2CCC(C2)C1)N1CC(c2[nH]c3nnc(-c4ccccc4O)cc3c2-c2ccccc2)C1. The maximum Gasteiger partial charge on any atom is 0.246 e. The van der Waals surface area contributed by atoms with Crippen molar-refractivity contribution in [1.29, 1.82) is 0 Å². The van der Waals surface area contributed by atoms with Gasteiger partial charge in [-0.25, -0.2) is 0 Å². The first-order valence-electron chi connectivity index (χ1n) is 14.0. The molecule has 198 valence electrons. The molecule has 2 bridgehead atoms. The predicted octanol–water partition coefficient (Wildman–Crippen LogP) is 5.21. The molecule has 2 N–H and O–H groups in total. The summed E-state index contributed by atoms with van der Waals surface area (Å²) in [6.45, 7) is 4.57. The van der Waals surface area contributed by atoms with Gasteiger partial charge in [0, 0.05) is 66.9 Å². The topological polar surface area (TPSA) is 85.4 Å². The van der Waals surface area contributed by atoms with Crippen LogP contribution < -0.4 is 0 Å². The number of piperidine rings is 1. The number of hydrogen-bond acceptors (Lipinski definition) is 5. The van der Waals surface area contributed by atoms with Crippen molar-refractivity contribution in [2.45, 2.75) is 25.2 Å². The van der Waals surface area contributed by atoms with Gasteiger partial charge in [0.1, 0.15) is 5.75 Å². The fourth-order valence-corrected chi connectivity index (χ4v) is 6.77. The molecule has 1 saturated carbocycles. The van der Waals surface area contributed by atoms with Crippen molar-refractivity contribution in [2.75, 3.05) is 32.7 Å². The van der Waals surface area contributed by atoms with Gasteiger partial charge < -0.3 is 15.0 Å². The minimum absolute atomic E-state index is 0.0882. The second-order valence-corrected chi connectivity index (χ2v) is 11.4. The van der Waals surface area contributed by atoms with Gasteiger partial charge in [-0.3, -0.25) is 9.69 Å². The molecular weight excluding hydrogens is 486 g/mol. The Balaban J connectivity index is 1.11. The number of aromatic nitrogens is 3. The van der Waals surface area contributed by atoms with Crippen molar-refractivity contribution < 1.29 is 9.90 Å². The summed E-state index contributed by atoms with van der Waals surface area (Å²) >= 11 is 0. The molecule has 4 aromatic rings. The third-order valence-corrected chi connectivity index (χ3v) is 8.74. The summed E-state index contributed by atoms with van der Waals surface area (Å²) in [4.78, 5) is 20.9. The third-order valence-electron chi connectivity index (χ3n) is 8.74. The molecule has 2 atom stereocenters. The number of H-pyrrole nitrogens is 1. The highest BCUT2D eigenvalue weighted by Crippen LogP contribution is 2.40. The van der Waals surface area contributed by atoms with Gasteiger partial charge in [0.25, 0.3) is 0 Å². The molecule has 1 amide bonds. The summed E-state index contributed by atoms with van der Waals surface area (Å²) in [5.74, 6) is 2.18. The van der Waals surface area contributed by atoms with E-state index in [0.29, 0.717) is 30.0 Å². The van der Waals surface area contributed by atoms with Crippen LogP contribution >= 0.6 is 0 Å². The van der Waals surface area contributed by atoms with Crippen LogP contribution in [0.5, 0.6) is 5.75 Å². The molecule has 3 fully saturated rings. The molecule has 2 aromatic carbocycles. The third kappa shape index (κ3) is 4.61. The maximum atomic E-state index is 12.9. The molecule has 0 spiro atoms. The normalized spacial score (nSPS) is 21.6. The molecule has 7 heteroatoms. The predicted molar refractivity (Wildman–Crippen MR) is 152 cm³/mol. The highest BCUT2D eigenvalue weighted by atomic mass is 16.3. The average molecular weight is 520 g/mol. The molecule has 2 unspecified atom stereocenters. The molecule has 7 rings (SSSR count). The number of phenols is 1. The second kappa shape index (κ2) is 9.97. The zero-order valence-electron chi connectivity index (χ0n) is 22.0. The summed E-state index contributed by atoms with van der Waals surface area (Å²) in [5.41, 5.74) is 5.25. The number of phenolic OH excluding ortho intramolecular Hbond substituents is 1. The van der Waals surface area contributed by atoms with Crippen LogP contribution in [0.4, 0.5) is 0 Å². The smallest absolute Gasteiger partial charge is 0.246 e. The molecule has 2 saturated heterocycles. The molecule has 3 aliphatic rings. The number of amides is 1. The van der Waals surface area contributed by atoms with Crippen LogP contribution in [0.1, 0.15) is 30.9 Å². The Labute approximate surface area is 228 Å². The fraction of sp³-hybridized carbons (Fsp3) is 0.344. The van der Waals surface area contributed by atoms with E-state index in [2.05, 4.69) is 38.3 Å². The van der Waals surface area contributed by atoms with Gasteiger partial charge in [0.2, 0.25) is 5.91 Å². The van der Waals surface area contributed by atoms with Gasteiger partial charge >= 0.3 is 0 Å². The van der Waals surface area contributed by atoms with Crippen LogP contribution in [0, 0.1) is 11.8 Å². The van der Waals surface area contributed by atoms with Crippen molar-refractivity contribution >= 4 is 16.9 Å². The lowest BCUT2D eigenvalue weighted by atomic mass is 9.90. The molecule has 7 nitrogen and oxygen atoms in total. The number of aromatic amines is 1. The second-order valence-electron chi connectivity index (χ2n) is 11.4. The van der Waals surface area contributed by atoms with Gasteiger partial charge in [0.05, 0.1) is 5.69 Å². The Morgan fingerprint density at radius 2 is 1.72 bits per heavy atom. The first-order valence-corrected chi connectivity index (χ1v) is 14.0. The minimum atomic E-state index is 0.0882. The van der Waals surface area contributed by atoms with Crippen LogP contribution in [0.3, 0.4) is 0 Å². The number of nitrogens with one attached hydrogen (secondary N) is 1. The molecule has 4 heterocycles. The number of para-hydroxylation sites is 1. The van der Waals surface area contributed by atoms with Crippen molar-refractivity contribution in [3.05, 3.63) is 78.5 Å². The molecular formula is C32H33N5O2. The number of carbonyl (C=O) groups excluding carboxylic acids is 1. The number of aromatic hydroxyl groups is 1. The summed E-state index contributed by atoms with van der Waals surface area (Å²) in [5, 5.41) is 20.2. The van der Waals surface area contributed by atoms with E-state index in [0.717, 1.165) is 40.6 Å². The fourth-order valence-electron chi connectivity index (χ4n) is 6.77. The first-order chi connectivity index (χ1) is 19.1. The van der Waals surface area contributed by atoms with Crippen molar-refractivity contribution in [1.82, 2.24) is 25.0 Å². The Morgan fingerprint density at radius 3 is 2.49 bits per heavy atom. The number of fused-ring (bicyclic) bond motifs is 3. The van der Waals surface area contributed by atoms with Crippen molar-refractivity contribution in [2.24, 2.45) is 11.8 Å². The average Bonchev–Trinajstić information content (AvgIpc) is 3.47. The van der Waals surface area contributed by atoms with Gasteiger partial charge in [-0.15, -0.1) is 10.2 Å². The highest BCUT2D eigenvalue weighted by molar-refractivity contribution is 5.98. The monoisotopic (exact) mass is 519 g/mol. The number of likely N-dealkylation sites (tertiary alicyclic amines) is 2. The van der Waals surface area contributed by atoms with Crippen LogP contribution in [0.2, 0.25) is 0 Å². The number of hydrogen-bond donors (Lipinski definition) is 2.